The molecule has 0 unspecified atom stereocenters. The van der Waals surface area contributed by atoms with Crippen LogP contribution in [0.15, 0.2) is 42.5 Å². The van der Waals surface area contributed by atoms with E-state index in [1.54, 1.807) is 39.6 Å². The summed E-state index contributed by atoms with van der Waals surface area (Å²) in [6.45, 7) is 7.32. The lowest BCUT2D eigenvalue weighted by molar-refractivity contribution is 0.0991. The monoisotopic (exact) mass is 630 g/mol. The second-order valence-electron chi connectivity index (χ2n) is 10.7. The fourth-order valence-corrected chi connectivity index (χ4v) is 5.40. The van der Waals surface area contributed by atoms with Crippen molar-refractivity contribution in [2.75, 3.05) is 61.2 Å². The zero-order chi connectivity index (χ0) is 33.0. The number of allylic oxidation sites excluding steroid dienone is 1. The van der Waals surface area contributed by atoms with E-state index in [-0.39, 0.29) is 17.4 Å². The van der Waals surface area contributed by atoms with E-state index in [2.05, 4.69) is 25.6 Å². The SMILES string of the molecule is CCn1nc(C)cc1C(=O)Nc1nc2cc(C(N)=O)cc(OC)c2n1CC=CCNc1c(N)cc(C(N)=O)cc1N1CCOCC1. The quantitative estimate of drug-likeness (QED) is 0.114. The maximum atomic E-state index is 13.3. The number of amides is 3. The zero-order valence-electron chi connectivity index (χ0n) is 26.0. The van der Waals surface area contributed by atoms with Crippen molar-refractivity contribution >= 4 is 51.8 Å². The summed E-state index contributed by atoms with van der Waals surface area (Å²) in [6, 6.07) is 8.10. The number of rotatable bonds is 12. The topological polar surface area (TPSA) is 211 Å². The van der Waals surface area contributed by atoms with Crippen LogP contribution in [0.1, 0.15) is 43.8 Å². The summed E-state index contributed by atoms with van der Waals surface area (Å²) in [5.41, 5.74) is 22.0. The molecule has 3 heterocycles. The standard InChI is InChI=1S/C31H38N10O5/c1-4-41-24(13-18(2)38-41)30(44)37-31-36-22-15-20(29(34)43)17-25(45-3)27(22)40(31)8-6-5-7-35-26-21(32)14-19(28(33)42)16-23(26)39-9-11-46-12-10-39/h5-6,13-17,35H,4,7-12,32H2,1-3H3,(H2,33,42)(H2,34,43)(H,36,37,44). The van der Waals surface area contributed by atoms with Gasteiger partial charge >= 0.3 is 0 Å². The third-order valence-corrected chi connectivity index (χ3v) is 7.61. The summed E-state index contributed by atoms with van der Waals surface area (Å²) < 4.78 is 14.5. The molecular weight excluding hydrogens is 592 g/mol. The molecule has 0 aliphatic carbocycles. The summed E-state index contributed by atoms with van der Waals surface area (Å²) >= 11 is 0. The van der Waals surface area contributed by atoms with Gasteiger partial charge in [-0.3, -0.25) is 24.4 Å². The van der Waals surface area contributed by atoms with E-state index in [0.717, 1.165) is 5.69 Å². The highest BCUT2D eigenvalue weighted by Crippen LogP contribution is 2.34. The number of nitrogens with one attached hydrogen (secondary N) is 2. The molecule has 15 heteroatoms. The van der Waals surface area contributed by atoms with Gasteiger partial charge in [0, 0.05) is 43.9 Å². The number of imidazole rings is 1. The van der Waals surface area contributed by atoms with Gasteiger partial charge in [0.15, 0.2) is 0 Å². The number of carbonyl (C=O) groups is 3. The fourth-order valence-electron chi connectivity index (χ4n) is 5.40. The summed E-state index contributed by atoms with van der Waals surface area (Å²) in [7, 11) is 1.48. The van der Waals surface area contributed by atoms with Crippen molar-refractivity contribution in [2.24, 2.45) is 11.5 Å². The first kappa shape index (κ1) is 31.8. The van der Waals surface area contributed by atoms with Crippen LogP contribution in [-0.4, -0.2) is 77.0 Å². The van der Waals surface area contributed by atoms with Crippen molar-refractivity contribution in [3.8, 4) is 5.75 Å². The van der Waals surface area contributed by atoms with Gasteiger partial charge < -0.3 is 41.5 Å². The number of methoxy groups -OCH3 is 1. The molecule has 8 N–H and O–H groups in total. The minimum atomic E-state index is -0.631. The van der Waals surface area contributed by atoms with Gasteiger partial charge in [-0.2, -0.15) is 5.10 Å². The number of aromatic nitrogens is 4. The zero-order valence-corrected chi connectivity index (χ0v) is 26.0. The second kappa shape index (κ2) is 13.6. The highest BCUT2D eigenvalue weighted by Gasteiger charge is 2.22. The maximum Gasteiger partial charge on any atom is 0.276 e. The molecule has 1 aliphatic rings. The molecule has 1 saturated heterocycles. The molecule has 4 aromatic rings. The molecule has 0 atom stereocenters. The molecule has 46 heavy (non-hydrogen) atoms. The van der Waals surface area contributed by atoms with Crippen LogP contribution in [0, 0.1) is 6.92 Å². The van der Waals surface area contributed by atoms with E-state index >= 15 is 0 Å². The molecule has 3 amide bonds. The average Bonchev–Trinajstić information content (AvgIpc) is 3.60. The first-order valence-electron chi connectivity index (χ1n) is 14.8. The molecule has 1 aliphatic heterocycles. The maximum absolute atomic E-state index is 13.3. The third kappa shape index (κ3) is 6.58. The lowest BCUT2D eigenvalue weighted by Gasteiger charge is -2.31. The van der Waals surface area contributed by atoms with E-state index in [9.17, 15) is 14.4 Å². The Kier molecular flexibility index (Phi) is 9.42. The van der Waals surface area contributed by atoms with Crippen LogP contribution >= 0.6 is 0 Å². The minimum Gasteiger partial charge on any atom is -0.494 e. The number of hydrogen-bond acceptors (Lipinski definition) is 10. The number of benzene rings is 2. The average molecular weight is 631 g/mol. The second-order valence-corrected chi connectivity index (χ2v) is 10.7. The van der Waals surface area contributed by atoms with Crippen LogP contribution in [-0.2, 0) is 17.8 Å². The Labute approximate surface area is 265 Å². The molecule has 0 saturated carbocycles. The third-order valence-electron chi connectivity index (χ3n) is 7.61. The lowest BCUT2D eigenvalue weighted by Crippen LogP contribution is -2.37. The molecule has 0 radical (unpaired) electrons. The van der Waals surface area contributed by atoms with E-state index in [1.807, 2.05) is 26.0 Å². The number of primary amides is 2. The van der Waals surface area contributed by atoms with Crippen molar-refractivity contribution in [2.45, 2.75) is 26.9 Å². The van der Waals surface area contributed by atoms with Gasteiger partial charge in [0.2, 0.25) is 17.8 Å². The molecule has 15 nitrogen and oxygen atoms in total. The van der Waals surface area contributed by atoms with Crippen LogP contribution < -0.4 is 37.5 Å². The summed E-state index contributed by atoms with van der Waals surface area (Å²) in [4.78, 5) is 44.0. The van der Waals surface area contributed by atoms with Crippen molar-refractivity contribution < 1.29 is 23.9 Å². The molecule has 2 aromatic carbocycles. The van der Waals surface area contributed by atoms with Gasteiger partial charge in [-0.05, 0) is 44.2 Å². The smallest absolute Gasteiger partial charge is 0.276 e. The molecule has 1 fully saturated rings. The van der Waals surface area contributed by atoms with Gasteiger partial charge in [0.05, 0.1) is 48.6 Å². The highest BCUT2D eigenvalue weighted by atomic mass is 16.5. The van der Waals surface area contributed by atoms with E-state index in [0.29, 0.717) is 91.0 Å². The highest BCUT2D eigenvalue weighted by molar-refractivity contribution is 6.04. The molecular formula is C31H38N10O5. The van der Waals surface area contributed by atoms with Gasteiger partial charge in [0.1, 0.15) is 17.0 Å². The Morgan fingerprint density at radius 2 is 1.76 bits per heavy atom. The summed E-state index contributed by atoms with van der Waals surface area (Å²) in [5.74, 6) is -0.953. The van der Waals surface area contributed by atoms with Crippen LogP contribution in [0.3, 0.4) is 0 Å². The molecule has 0 bridgehead atoms. The number of ether oxygens (including phenoxy) is 2. The summed E-state index contributed by atoms with van der Waals surface area (Å²) in [5, 5.41) is 10.6. The fraction of sp³-hybridized carbons (Fsp3) is 0.323. The van der Waals surface area contributed by atoms with E-state index < -0.39 is 11.8 Å². The lowest BCUT2D eigenvalue weighted by atomic mass is 10.1. The number of anilines is 4. The van der Waals surface area contributed by atoms with Crippen LogP contribution in [0.4, 0.5) is 23.0 Å². The largest absolute Gasteiger partial charge is 0.494 e. The van der Waals surface area contributed by atoms with Gasteiger partial charge in [-0.25, -0.2) is 4.98 Å². The minimum absolute atomic E-state index is 0.224. The first-order valence-corrected chi connectivity index (χ1v) is 14.8. The van der Waals surface area contributed by atoms with Crippen LogP contribution in [0.25, 0.3) is 11.0 Å². The Morgan fingerprint density at radius 3 is 2.43 bits per heavy atom. The molecule has 2 aromatic heterocycles. The van der Waals surface area contributed by atoms with Crippen molar-refractivity contribution in [1.82, 2.24) is 19.3 Å². The van der Waals surface area contributed by atoms with Crippen molar-refractivity contribution in [3.05, 3.63) is 65.0 Å². The van der Waals surface area contributed by atoms with Gasteiger partial charge in [-0.15, -0.1) is 0 Å². The predicted octanol–water partition coefficient (Wildman–Crippen LogP) is 2.11. The Morgan fingerprint density at radius 1 is 1.04 bits per heavy atom. The normalized spacial score (nSPS) is 13.3. The van der Waals surface area contributed by atoms with Crippen molar-refractivity contribution in [1.29, 1.82) is 0 Å². The number of nitrogen functional groups attached to an aromatic ring is 1. The van der Waals surface area contributed by atoms with Gasteiger partial charge in [-0.1, -0.05) is 12.2 Å². The van der Waals surface area contributed by atoms with E-state index in [1.165, 1.54) is 7.11 Å². The Bertz CT molecular complexity index is 1820. The summed E-state index contributed by atoms with van der Waals surface area (Å²) in [6.07, 6.45) is 3.80. The first-order chi connectivity index (χ1) is 22.1. The Balaban J connectivity index is 1.43. The number of morpholine rings is 1. The number of fused-ring (bicyclic) bond motifs is 1. The number of carbonyl (C=O) groups excluding carboxylic acids is 3. The number of nitrogens with zero attached hydrogens (tertiary/aromatic N) is 5. The van der Waals surface area contributed by atoms with Gasteiger partial charge in [0.25, 0.3) is 5.91 Å². The number of nitrogens with two attached hydrogens (primary N) is 3. The molecule has 0 spiro atoms. The number of aryl methyl sites for hydroxylation is 2. The predicted molar refractivity (Wildman–Crippen MR) is 175 cm³/mol. The number of hydrogen-bond donors (Lipinski definition) is 5. The van der Waals surface area contributed by atoms with Crippen LogP contribution in [0.2, 0.25) is 0 Å². The Hall–Kier alpha value is -5.57. The van der Waals surface area contributed by atoms with E-state index in [4.69, 9.17) is 26.7 Å². The molecule has 242 valence electrons. The van der Waals surface area contributed by atoms with Crippen LogP contribution in [0.5, 0.6) is 5.75 Å². The van der Waals surface area contributed by atoms with Crippen molar-refractivity contribution in [3.63, 3.8) is 0 Å². The molecule has 5 rings (SSSR count).